The molecule has 0 atom stereocenters. The first kappa shape index (κ1) is 16.8. The minimum atomic E-state index is -0.146. The molecular weight excluding hydrogens is 290 g/mol. The lowest BCUT2D eigenvalue weighted by Gasteiger charge is -2.14. The normalized spacial score (nSPS) is 11.1. The zero-order chi connectivity index (χ0) is 16.5. The molecule has 1 amide bonds. The van der Waals surface area contributed by atoms with Crippen LogP contribution in [0.3, 0.4) is 0 Å². The van der Waals surface area contributed by atoms with Gasteiger partial charge in [-0.1, -0.05) is 54.6 Å². The first-order chi connectivity index (χ1) is 11.2. The summed E-state index contributed by atoms with van der Waals surface area (Å²) < 4.78 is 10.2. The van der Waals surface area contributed by atoms with Crippen LogP contribution in [0.15, 0.2) is 60.9 Å². The standard InChI is InChI=1S/C19H21NO3/c1-15(21)20-19(13-23-14-22-2)18-11-7-6-10-17(18)12-16-8-4-3-5-9-16/h3-11,13H,12,14H2,1-2H3,(H,20,21)/b19-13-. The Balaban J connectivity index is 2.31. The van der Waals surface area contributed by atoms with E-state index < -0.39 is 0 Å². The second-order valence-electron chi connectivity index (χ2n) is 5.11. The molecule has 0 saturated heterocycles. The molecule has 0 saturated carbocycles. The first-order valence-corrected chi connectivity index (χ1v) is 7.41. The van der Waals surface area contributed by atoms with Crippen molar-refractivity contribution in [1.29, 1.82) is 0 Å². The Morgan fingerprint density at radius 2 is 1.78 bits per heavy atom. The second-order valence-corrected chi connectivity index (χ2v) is 5.11. The van der Waals surface area contributed by atoms with Crippen molar-refractivity contribution < 1.29 is 14.3 Å². The zero-order valence-electron chi connectivity index (χ0n) is 13.4. The summed E-state index contributed by atoms with van der Waals surface area (Å²) in [5, 5.41) is 2.82. The summed E-state index contributed by atoms with van der Waals surface area (Å²) >= 11 is 0. The van der Waals surface area contributed by atoms with Gasteiger partial charge in [0.1, 0.15) is 6.26 Å². The van der Waals surface area contributed by atoms with Crippen molar-refractivity contribution in [3.05, 3.63) is 77.5 Å². The number of amides is 1. The SMILES string of the molecule is COCO/C=C(\NC(C)=O)c1ccccc1Cc1ccccc1. The maximum atomic E-state index is 11.5. The number of nitrogens with one attached hydrogen (secondary N) is 1. The van der Waals surface area contributed by atoms with E-state index in [-0.39, 0.29) is 12.7 Å². The van der Waals surface area contributed by atoms with E-state index in [4.69, 9.17) is 9.47 Å². The lowest BCUT2D eigenvalue weighted by atomic mass is 9.98. The summed E-state index contributed by atoms with van der Waals surface area (Å²) in [5.41, 5.74) is 3.88. The Morgan fingerprint density at radius 3 is 2.48 bits per heavy atom. The number of carbonyl (C=O) groups is 1. The van der Waals surface area contributed by atoms with Crippen molar-refractivity contribution in [2.75, 3.05) is 13.9 Å². The quantitative estimate of drug-likeness (QED) is 0.485. The largest absolute Gasteiger partial charge is 0.473 e. The summed E-state index contributed by atoms with van der Waals surface area (Å²) in [7, 11) is 1.55. The molecule has 0 heterocycles. The van der Waals surface area contributed by atoms with Crippen molar-refractivity contribution >= 4 is 11.6 Å². The molecule has 0 spiro atoms. The average Bonchev–Trinajstić information content (AvgIpc) is 2.55. The molecule has 2 aromatic rings. The van der Waals surface area contributed by atoms with Gasteiger partial charge in [0.15, 0.2) is 6.79 Å². The van der Waals surface area contributed by atoms with Crippen LogP contribution >= 0.6 is 0 Å². The molecule has 0 aromatic heterocycles. The molecule has 4 nitrogen and oxygen atoms in total. The molecule has 0 radical (unpaired) electrons. The van der Waals surface area contributed by atoms with Gasteiger partial charge in [-0.15, -0.1) is 0 Å². The molecule has 2 rings (SSSR count). The van der Waals surface area contributed by atoms with Gasteiger partial charge in [0, 0.05) is 19.6 Å². The summed E-state index contributed by atoms with van der Waals surface area (Å²) in [6.07, 6.45) is 2.30. The van der Waals surface area contributed by atoms with Crippen LogP contribution in [-0.2, 0) is 20.7 Å². The monoisotopic (exact) mass is 311 g/mol. The van der Waals surface area contributed by atoms with E-state index >= 15 is 0 Å². The second kappa shape index (κ2) is 8.76. The average molecular weight is 311 g/mol. The molecule has 2 aromatic carbocycles. The van der Waals surface area contributed by atoms with E-state index in [0.717, 1.165) is 17.5 Å². The maximum absolute atomic E-state index is 11.5. The fourth-order valence-electron chi connectivity index (χ4n) is 2.29. The highest BCUT2D eigenvalue weighted by molar-refractivity contribution is 5.85. The van der Waals surface area contributed by atoms with Crippen molar-refractivity contribution in [1.82, 2.24) is 5.32 Å². The van der Waals surface area contributed by atoms with Gasteiger partial charge < -0.3 is 14.8 Å². The van der Waals surface area contributed by atoms with Gasteiger partial charge in [-0.3, -0.25) is 4.79 Å². The summed E-state index contributed by atoms with van der Waals surface area (Å²) in [5.74, 6) is -0.146. The summed E-state index contributed by atoms with van der Waals surface area (Å²) in [6, 6.07) is 18.1. The molecular formula is C19H21NO3. The maximum Gasteiger partial charge on any atom is 0.221 e. The molecule has 120 valence electrons. The summed E-state index contributed by atoms with van der Waals surface area (Å²) in [4.78, 5) is 11.5. The van der Waals surface area contributed by atoms with Crippen LogP contribution in [0.1, 0.15) is 23.6 Å². The highest BCUT2D eigenvalue weighted by Crippen LogP contribution is 2.20. The molecule has 0 unspecified atom stereocenters. The number of hydrogen-bond donors (Lipinski definition) is 1. The van der Waals surface area contributed by atoms with Gasteiger partial charge in [-0.05, 0) is 17.5 Å². The molecule has 0 aliphatic carbocycles. The van der Waals surface area contributed by atoms with Gasteiger partial charge in [-0.25, -0.2) is 0 Å². The minimum absolute atomic E-state index is 0.129. The number of ether oxygens (including phenoxy) is 2. The lowest BCUT2D eigenvalue weighted by Crippen LogP contribution is -2.19. The third-order valence-corrected chi connectivity index (χ3v) is 3.24. The van der Waals surface area contributed by atoms with Gasteiger partial charge in [0.2, 0.25) is 5.91 Å². The van der Waals surface area contributed by atoms with E-state index in [2.05, 4.69) is 17.4 Å². The van der Waals surface area contributed by atoms with Crippen LogP contribution in [-0.4, -0.2) is 19.8 Å². The Hall–Kier alpha value is -2.59. The van der Waals surface area contributed by atoms with Gasteiger partial charge >= 0.3 is 0 Å². The van der Waals surface area contributed by atoms with Crippen LogP contribution in [0.25, 0.3) is 5.70 Å². The van der Waals surface area contributed by atoms with Gasteiger partial charge in [0.25, 0.3) is 0 Å². The molecule has 0 bridgehead atoms. The number of carbonyl (C=O) groups excluding carboxylic acids is 1. The Kier molecular flexibility index (Phi) is 6.39. The van der Waals surface area contributed by atoms with E-state index in [9.17, 15) is 4.79 Å². The third-order valence-electron chi connectivity index (χ3n) is 3.24. The smallest absolute Gasteiger partial charge is 0.221 e. The van der Waals surface area contributed by atoms with Crippen LogP contribution < -0.4 is 5.32 Å². The zero-order valence-corrected chi connectivity index (χ0v) is 13.4. The van der Waals surface area contributed by atoms with E-state index in [1.54, 1.807) is 7.11 Å². The van der Waals surface area contributed by atoms with Crippen molar-refractivity contribution in [2.24, 2.45) is 0 Å². The minimum Gasteiger partial charge on any atom is -0.473 e. The number of hydrogen-bond acceptors (Lipinski definition) is 3. The van der Waals surface area contributed by atoms with Gasteiger partial charge in [-0.2, -0.15) is 0 Å². The van der Waals surface area contributed by atoms with Gasteiger partial charge in [0.05, 0.1) is 5.70 Å². The molecule has 0 aliphatic rings. The van der Waals surface area contributed by atoms with Crippen molar-refractivity contribution in [2.45, 2.75) is 13.3 Å². The lowest BCUT2D eigenvalue weighted by molar-refractivity contribution is -0.117. The van der Waals surface area contributed by atoms with E-state index in [1.165, 1.54) is 18.7 Å². The first-order valence-electron chi connectivity index (χ1n) is 7.41. The van der Waals surface area contributed by atoms with Crippen LogP contribution in [0.5, 0.6) is 0 Å². The molecule has 4 heteroatoms. The molecule has 0 aliphatic heterocycles. The number of benzene rings is 2. The van der Waals surface area contributed by atoms with Crippen molar-refractivity contribution in [3.8, 4) is 0 Å². The topological polar surface area (TPSA) is 47.6 Å². The predicted molar refractivity (Wildman–Crippen MR) is 90.4 cm³/mol. The fraction of sp³-hybridized carbons (Fsp3) is 0.211. The summed E-state index contributed by atoms with van der Waals surface area (Å²) in [6.45, 7) is 1.61. The van der Waals surface area contributed by atoms with E-state index in [1.807, 2.05) is 42.5 Å². The van der Waals surface area contributed by atoms with Crippen LogP contribution in [0.2, 0.25) is 0 Å². The van der Waals surface area contributed by atoms with E-state index in [0.29, 0.717) is 5.70 Å². The van der Waals surface area contributed by atoms with Crippen molar-refractivity contribution in [3.63, 3.8) is 0 Å². The fourth-order valence-corrected chi connectivity index (χ4v) is 2.29. The number of rotatable bonds is 7. The molecule has 1 N–H and O–H groups in total. The predicted octanol–water partition coefficient (Wildman–Crippen LogP) is 3.33. The Morgan fingerprint density at radius 1 is 1.09 bits per heavy atom. The molecule has 23 heavy (non-hydrogen) atoms. The highest BCUT2D eigenvalue weighted by Gasteiger charge is 2.10. The number of methoxy groups -OCH3 is 1. The van der Waals surface area contributed by atoms with Crippen LogP contribution in [0.4, 0.5) is 0 Å². The molecule has 0 fully saturated rings. The van der Waals surface area contributed by atoms with Crippen LogP contribution in [0, 0.1) is 0 Å². The highest BCUT2D eigenvalue weighted by atomic mass is 16.7. The Bertz CT molecular complexity index is 665. The Labute approximate surface area is 136 Å². The third kappa shape index (κ3) is 5.27.